The molecule has 2 fully saturated rings. The van der Waals surface area contributed by atoms with Crippen LogP contribution in [0, 0.1) is 0 Å². The molecule has 7 nitrogen and oxygen atoms in total. The summed E-state index contributed by atoms with van der Waals surface area (Å²) in [7, 11) is -3.52. The SMILES string of the molecule is C[C@@H]1CCC[C@@H](C)N1C(=O)COc1ccc(S(=O)(=O)N2CCOCC2)cc1. The Bertz CT molecular complexity index is 734. The van der Waals surface area contributed by atoms with E-state index in [9.17, 15) is 13.2 Å². The Morgan fingerprint density at radius 2 is 1.70 bits per heavy atom. The molecule has 2 atom stereocenters. The van der Waals surface area contributed by atoms with E-state index >= 15 is 0 Å². The first-order chi connectivity index (χ1) is 12.9. The lowest BCUT2D eigenvalue weighted by atomic mass is 9.97. The van der Waals surface area contributed by atoms with E-state index in [4.69, 9.17) is 9.47 Å². The van der Waals surface area contributed by atoms with Gasteiger partial charge in [-0.15, -0.1) is 0 Å². The van der Waals surface area contributed by atoms with Crippen molar-refractivity contribution in [2.24, 2.45) is 0 Å². The lowest BCUT2D eigenvalue weighted by Gasteiger charge is -2.38. The molecule has 8 heteroatoms. The van der Waals surface area contributed by atoms with Crippen molar-refractivity contribution in [2.45, 2.75) is 50.1 Å². The molecule has 0 aromatic heterocycles. The minimum Gasteiger partial charge on any atom is -0.484 e. The maximum absolute atomic E-state index is 12.6. The van der Waals surface area contributed by atoms with Crippen molar-refractivity contribution in [3.05, 3.63) is 24.3 Å². The minimum absolute atomic E-state index is 0.0280. The molecule has 1 amide bonds. The highest BCUT2D eigenvalue weighted by atomic mass is 32.2. The predicted octanol–water partition coefficient (Wildman–Crippen LogP) is 1.88. The van der Waals surface area contributed by atoms with Crippen molar-refractivity contribution in [2.75, 3.05) is 32.9 Å². The summed E-state index contributed by atoms with van der Waals surface area (Å²) in [5.41, 5.74) is 0. The zero-order chi connectivity index (χ0) is 19.4. The molecule has 27 heavy (non-hydrogen) atoms. The van der Waals surface area contributed by atoms with Gasteiger partial charge in [-0.2, -0.15) is 4.31 Å². The number of morpholine rings is 1. The van der Waals surface area contributed by atoms with Gasteiger partial charge in [-0.3, -0.25) is 4.79 Å². The Balaban J connectivity index is 1.60. The molecule has 0 radical (unpaired) electrons. The fraction of sp³-hybridized carbons (Fsp3) is 0.632. The van der Waals surface area contributed by atoms with Crippen molar-refractivity contribution in [1.82, 2.24) is 9.21 Å². The second-order valence-corrected chi connectivity index (χ2v) is 9.14. The highest BCUT2D eigenvalue weighted by molar-refractivity contribution is 7.89. The molecule has 0 saturated carbocycles. The molecule has 0 aliphatic carbocycles. The molecule has 1 aromatic carbocycles. The highest BCUT2D eigenvalue weighted by Crippen LogP contribution is 2.24. The number of carbonyl (C=O) groups is 1. The number of carbonyl (C=O) groups excluding carboxylic acids is 1. The number of ether oxygens (including phenoxy) is 2. The first-order valence-corrected chi connectivity index (χ1v) is 11.0. The molecule has 0 bridgehead atoms. The van der Waals surface area contributed by atoms with E-state index in [1.165, 1.54) is 16.4 Å². The van der Waals surface area contributed by atoms with Gasteiger partial charge in [0.2, 0.25) is 10.0 Å². The number of hydrogen-bond acceptors (Lipinski definition) is 5. The number of likely N-dealkylation sites (tertiary alicyclic amines) is 1. The third-order valence-electron chi connectivity index (χ3n) is 5.28. The van der Waals surface area contributed by atoms with E-state index in [0.717, 1.165) is 19.3 Å². The molecule has 0 spiro atoms. The first kappa shape index (κ1) is 20.1. The normalized spacial score (nSPS) is 24.6. The molecular weight excluding hydrogens is 368 g/mol. The summed E-state index contributed by atoms with van der Waals surface area (Å²) in [4.78, 5) is 14.6. The van der Waals surface area contributed by atoms with E-state index in [0.29, 0.717) is 32.1 Å². The molecular formula is C19H28N2O5S. The fourth-order valence-electron chi connectivity index (χ4n) is 3.78. The van der Waals surface area contributed by atoms with Crippen LogP contribution in [0.2, 0.25) is 0 Å². The Morgan fingerprint density at radius 1 is 1.11 bits per heavy atom. The summed E-state index contributed by atoms with van der Waals surface area (Å²) < 4.78 is 37.5. The zero-order valence-corrected chi connectivity index (χ0v) is 16.8. The summed E-state index contributed by atoms with van der Waals surface area (Å²) in [6.07, 6.45) is 3.18. The third kappa shape index (κ3) is 4.62. The van der Waals surface area contributed by atoms with Crippen LogP contribution in [0.3, 0.4) is 0 Å². The van der Waals surface area contributed by atoms with E-state index in [2.05, 4.69) is 13.8 Å². The molecule has 2 aliphatic rings. The summed E-state index contributed by atoms with van der Waals surface area (Å²) in [5.74, 6) is 0.460. The van der Waals surface area contributed by atoms with E-state index in [1.54, 1.807) is 12.1 Å². The van der Waals surface area contributed by atoms with Crippen molar-refractivity contribution in [3.8, 4) is 5.75 Å². The number of piperidine rings is 1. The van der Waals surface area contributed by atoms with Gasteiger partial charge in [-0.05, 0) is 57.4 Å². The van der Waals surface area contributed by atoms with E-state index < -0.39 is 10.0 Å². The second kappa shape index (κ2) is 8.58. The molecule has 150 valence electrons. The molecule has 2 aliphatic heterocycles. The maximum Gasteiger partial charge on any atom is 0.260 e. The number of nitrogens with zero attached hydrogens (tertiary/aromatic N) is 2. The number of amides is 1. The lowest BCUT2D eigenvalue weighted by Crippen LogP contribution is -2.49. The second-order valence-electron chi connectivity index (χ2n) is 7.21. The van der Waals surface area contributed by atoms with Gasteiger partial charge in [0.1, 0.15) is 5.75 Å². The van der Waals surface area contributed by atoms with Gasteiger partial charge in [-0.25, -0.2) is 8.42 Å². The maximum atomic E-state index is 12.6. The van der Waals surface area contributed by atoms with Gasteiger partial charge < -0.3 is 14.4 Å². The quantitative estimate of drug-likeness (QED) is 0.760. The smallest absolute Gasteiger partial charge is 0.260 e. The van der Waals surface area contributed by atoms with Crippen LogP contribution in [-0.4, -0.2) is 68.5 Å². The number of rotatable bonds is 5. The van der Waals surface area contributed by atoms with Gasteiger partial charge in [0.25, 0.3) is 5.91 Å². The summed E-state index contributed by atoms with van der Waals surface area (Å²) in [6, 6.07) is 6.71. The standard InChI is InChI=1S/C19H28N2O5S/c1-15-4-3-5-16(2)21(15)19(22)14-26-17-6-8-18(9-7-17)27(23,24)20-10-12-25-13-11-20/h6-9,15-16H,3-5,10-14H2,1-2H3/t15-,16-/m1/s1. The number of benzene rings is 1. The average molecular weight is 397 g/mol. The predicted molar refractivity (Wildman–Crippen MR) is 101 cm³/mol. The Morgan fingerprint density at radius 3 is 2.30 bits per heavy atom. The van der Waals surface area contributed by atoms with E-state index in [1.807, 2.05) is 4.90 Å². The fourth-order valence-corrected chi connectivity index (χ4v) is 5.18. The Hall–Kier alpha value is -1.64. The van der Waals surface area contributed by atoms with Crippen LogP contribution in [0.15, 0.2) is 29.2 Å². The molecule has 0 unspecified atom stereocenters. The van der Waals surface area contributed by atoms with Crippen molar-refractivity contribution in [3.63, 3.8) is 0 Å². The third-order valence-corrected chi connectivity index (χ3v) is 7.19. The summed E-state index contributed by atoms with van der Waals surface area (Å²) in [5, 5.41) is 0. The van der Waals surface area contributed by atoms with Crippen LogP contribution < -0.4 is 4.74 Å². The van der Waals surface area contributed by atoms with Crippen LogP contribution in [0.4, 0.5) is 0 Å². The molecule has 1 aromatic rings. The highest BCUT2D eigenvalue weighted by Gasteiger charge is 2.29. The topological polar surface area (TPSA) is 76.2 Å². The molecule has 0 N–H and O–H groups in total. The van der Waals surface area contributed by atoms with Crippen molar-refractivity contribution >= 4 is 15.9 Å². The lowest BCUT2D eigenvalue weighted by molar-refractivity contribution is -0.139. The van der Waals surface area contributed by atoms with Crippen molar-refractivity contribution in [1.29, 1.82) is 0 Å². The van der Waals surface area contributed by atoms with Crippen molar-refractivity contribution < 1.29 is 22.7 Å². The van der Waals surface area contributed by atoms with Crippen LogP contribution in [0.5, 0.6) is 5.75 Å². The van der Waals surface area contributed by atoms with Gasteiger partial charge in [0.05, 0.1) is 18.1 Å². The van der Waals surface area contributed by atoms with Crippen LogP contribution in [0.25, 0.3) is 0 Å². The number of hydrogen-bond donors (Lipinski definition) is 0. The van der Waals surface area contributed by atoms with Gasteiger partial charge in [-0.1, -0.05) is 0 Å². The van der Waals surface area contributed by atoms with Crippen LogP contribution >= 0.6 is 0 Å². The Labute approximate surface area is 161 Å². The molecule has 2 heterocycles. The Kier molecular flexibility index (Phi) is 6.39. The number of sulfonamides is 1. The van der Waals surface area contributed by atoms with Gasteiger partial charge in [0, 0.05) is 25.2 Å². The van der Waals surface area contributed by atoms with E-state index in [-0.39, 0.29) is 29.5 Å². The van der Waals surface area contributed by atoms with Gasteiger partial charge in [0.15, 0.2) is 6.61 Å². The van der Waals surface area contributed by atoms with Crippen LogP contribution in [-0.2, 0) is 19.6 Å². The largest absolute Gasteiger partial charge is 0.484 e. The van der Waals surface area contributed by atoms with Gasteiger partial charge >= 0.3 is 0 Å². The molecule has 2 saturated heterocycles. The zero-order valence-electron chi connectivity index (χ0n) is 16.0. The summed E-state index contributed by atoms with van der Waals surface area (Å²) >= 11 is 0. The summed E-state index contributed by atoms with van der Waals surface area (Å²) in [6.45, 7) is 5.65. The van der Waals surface area contributed by atoms with Crippen LogP contribution in [0.1, 0.15) is 33.1 Å². The minimum atomic E-state index is -3.52. The first-order valence-electron chi connectivity index (χ1n) is 9.51. The average Bonchev–Trinajstić information content (AvgIpc) is 2.67. The monoisotopic (exact) mass is 396 g/mol. The molecule has 3 rings (SSSR count).